The standard InChI is InChI=1S/C13H19N3/c1-10-13(11-6-3-2-4-7-11)16-12(15-10)8-5-9-14/h11H,2-8H2,1H3,(H,15,16). The molecule has 1 aromatic rings. The molecule has 0 atom stereocenters. The van der Waals surface area contributed by atoms with E-state index >= 15 is 0 Å². The normalized spacial score (nSPS) is 17.2. The van der Waals surface area contributed by atoms with Gasteiger partial charge in [-0.1, -0.05) is 19.3 Å². The number of imidazole rings is 1. The van der Waals surface area contributed by atoms with Crippen LogP contribution >= 0.6 is 0 Å². The molecular formula is C13H19N3. The van der Waals surface area contributed by atoms with Crippen molar-refractivity contribution in [1.82, 2.24) is 9.97 Å². The topological polar surface area (TPSA) is 52.5 Å². The largest absolute Gasteiger partial charge is 0.346 e. The Morgan fingerprint density at radius 3 is 2.81 bits per heavy atom. The Balaban J connectivity index is 2.08. The van der Waals surface area contributed by atoms with Crippen molar-refractivity contribution in [3.05, 3.63) is 17.2 Å². The molecule has 1 N–H and O–H groups in total. The van der Waals surface area contributed by atoms with Crippen LogP contribution in [0.5, 0.6) is 0 Å². The first kappa shape index (κ1) is 11.2. The van der Waals surface area contributed by atoms with Gasteiger partial charge in [-0.15, -0.1) is 0 Å². The predicted molar refractivity (Wildman–Crippen MR) is 63.1 cm³/mol. The van der Waals surface area contributed by atoms with Crippen molar-refractivity contribution in [3.8, 4) is 6.07 Å². The highest BCUT2D eigenvalue weighted by atomic mass is 14.9. The van der Waals surface area contributed by atoms with E-state index in [0.29, 0.717) is 12.3 Å². The summed E-state index contributed by atoms with van der Waals surface area (Å²) in [5, 5.41) is 8.56. The minimum atomic E-state index is 0.553. The number of aromatic amines is 1. The van der Waals surface area contributed by atoms with Gasteiger partial charge in [-0.2, -0.15) is 5.26 Å². The second-order valence-corrected chi connectivity index (χ2v) is 4.69. The zero-order valence-electron chi connectivity index (χ0n) is 9.92. The van der Waals surface area contributed by atoms with Crippen LogP contribution in [-0.4, -0.2) is 9.97 Å². The molecule has 0 unspecified atom stereocenters. The lowest BCUT2D eigenvalue weighted by Gasteiger charge is -2.20. The zero-order valence-corrected chi connectivity index (χ0v) is 9.92. The molecule has 0 saturated heterocycles. The molecule has 0 spiro atoms. The van der Waals surface area contributed by atoms with Gasteiger partial charge in [-0.3, -0.25) is 0 Å². The monoisotopic (exact) mass is 217 g/mol. The lowest BCUT2D eigenvalue weighted by Crippen LogP contribution is -2.06. The number of nitrogens with zero attached hydrogens (tertiary/aromatic N) is 2. The maximum Gasteiger partial charge on any atom is 0.107 e. The number of hydrogen-bond acceptors (Lipinski definition) is 2. The van der Waals surface area contributed by atoms with Gasteiger partial charge in [0.1, 0.15) is 5.82 Å². The number of aromatic nitrogens is 2. The van der Waals surface area contributed by atoms with Crippen molar-refractivity contribution < 1.29 is 0 Å². The van der Waals surface area contributed by atoms with Gasteiger partial charge in [0.2, 0.25) is 0 Å². The Bertz CT molecular complexity index is 380. The van der Waals surface area contributed by atoms with Crippen molar-refractivity contribution in [3.63, 3.8) is 0 Å². The third kappa shape index (κ3) is 2.44. The molecule has 2 rings (SSSR count). The van der Waals surface area contributed by atoms with Crippen molar-refractivity contribution >= 4 is 0 Å². The molecule has 3 nitrogen and oxygen atoms in total. The van der Waals surface area contributed by atoms with Gasteiger partial charge in [0.05, 0.1) is 11.8 Å². The summed E-state index contributed by atoms with van der Waals surface area (Å²) in [4.78, 5) is 7.98. The fourth-order valence-electron chi connectivity index (χ4n) is 2.60. The van der Waals surface area contributed by atoms with Gasteiger partial charge in [-0.25, -0.2) is 4.98 Å². The number of rotatable bonds is 3. The highest BCUT2D eigenvalue weighted by Crippen LogP contribution is 2.33. The van der Waals surface area contributed by atoms with Gasteiger partial charge in [0.25, 0.3) is 0 Å². The van der Waals surface area contributed by atoms with E-state index in [1.54, 1.807) is 0 Å². The molecule has 0 amide bonds. The molecule has 0 radical (unpaired) electrons. The van der Waals surface area contributed by atoms with Crippen molar-refractivity contribution in [2.75, 3.05) is 0 Å². The van der Waals surface area contributed by atoms with E-state index in [1.165, 1.54) is 43.5 Å². The smallest absolute Gasteiger partial charge is 0.107 e. The zero-order chi connectivity index (χ0) is 11.4. The molecule has 0 bridgehead atoms. The summed E-state index contributed by atoms with van der Waals surface area (Å²) < 4.78 is 0. The number of nitrogens with one attached hydrogen (secondary N) is 1. The molecule has 1 aromatic heterocycles. The van der Waals surface area contributed by atoms with Crippen molar-refractivity contribution in [2.45, 2.75) is 57.8 Å². The Morgan fingerprint density at radius 2 is 2.12 bits per heavy atom. The number of H-pyrrole nitrogens is 1. The van der Waals surface area contributed by atoms with Gasteiger partial charge >= 0.3 is 0 Å². The minimum absolute atomic E-state index is 0.553. The molecule has 0 aromatic carbocycles. The molecule has 16 heavy (non-hydrogen) atoms. The summed E-state index contributed by atoms with van der Waals surface area (Å²) in [6.07, 6.45) is 7.92. The van der Waals surface area contributed by atoms with E-state index in [2.05, 4.69) is 23.0 Å². The SMILES string of the molecule is Cc1[nH]c(CCC#N)nc1C1CCCCC1. The lowest BCUT2D eigenvalue weighted by molar-refractivity contribution is 0.436. The van der Waals surface area contributed by atoms with E-state index in [9.17, 15) is 0 Å². The average Bonchev–Trinajstić information content (AvgIpc) is 2.69. The summed E-state index contributed by atoms with van der Waals surface area (Å²) in [6.45, 7) is 2.10. The van der Waals surface area contributed by atoms with Crippen LogP contribution in [0.3, 0.4) is 0 Å². The highest BCUT2D eigenvalue weighted by molar-refractivity contribution is 5.18. The predicted octanol–water partition coefficient (Wildman–Crippen LogP) is 3.22. The summed E-state index contributed by atoms with van der Waals surface area (Å²) >= 11 is 0. The molecule has 3 heteroatoms. The quantitative estimate of drug-likeness (QED) is 0.845. The Labute approximate surface area is 96.9 Å². The van der Waals surface area contributed by atoms with Crippen LogP contribution < -0.4 is 0 Å². The third-order valence-electron chi connectivity index (χ3n) is 3.44. The first-order valence-corrected chi connectivity index (χ1v) is 6.23. The fraction of sp³-hybridized carbons (Fsp3) is 0.692. The molecule has 1 heterocycles. The van der Waals surface area contributed by atoms with Crippen LogP contribution in [0.25, 0.3) is 0 Å². The van der Waals surface area contributed by atoms with Crippen molar-refractivity contribution in [2.24, 2.45) is 0 Å². The number of hydrogen-bond donors (Lipinski definition) is 1. The minimum Gasteiger partial charge on any atom is -0.346 e. The first-order chi connectivity index (χ1) is 7.81. The molecule has 1 fully saturated rings. The summed E-state index contributed by atoms with van der Waals surface area (Å²) in [5.74, 6) is 1.64. The molecule has 0 aliphatic heterocycles. The van der Waals surface area contributed by atoms with Crippen LogP contribution in [0.1, 0.15) is 61.7 Å². The Morgan fingerprint density at radius 1 is 1.38 bits per heavy atom. The van der Waals surface area contributed by atoms with Crippen LogP contribution in [-0.2, 0) is 6.42 Å². The van der Waals surface area contributed by atoms with E-state index < -0.39 is 0 Å². The van der Waals surface area contributed by atoms with E-state index in [1.807, 2.05) is 0 Å². The maximum absolute atomic E-state index is 8.56. The Kier molecular flexibility index (Phi) is 3.61. The molecule has 1 saturated carbocycles. The summed E-state index contributed by atoms with van der Waals surface area (Å²) in [6, 6.07) is 2.16. The molecular weight excluding hydrogens is 198 g/mol. The van der Waals surface area contributed by atoms with Crippen LogP contribution in [0.2, 0.25) is 0 Å². The van der Waals surface area contributed by atoms with Gasteiger partial charge < -0.3 is 4.98 Å². The molecule has 86 valence electrons. The number of nitriles is 1. The van der Waals surface area contributed by atoms with Crippen LogP contribution in [0, 0.1) is 18.3 Å². The van der Waals surface area contributed by atoms with Crippen LogP contribution in [0.15, 0.2) is 0 Å². The van der Waals surface area contributed by atoms with E-state index in [0.717, 1.165) is 12.2 Å². The van der Waals surface area contributed by atoms with E-state index in [-0.39, 0.29) is 0 Å². The van der Waals surface area contributed by atoms with Crippen LogP contribution in [0.4, 0.5) is 0 Å². The van der Waals surface area contributed by atoms with Gasteiger partial charge in [-0.05, 0) is 19.8 Å². The molecule has 1 aliphatic carbocycles. The number of aryl methyl sites for hydroxylation is 2. The first-order valence-electron chi connectivity index (χ1n) is 6.23. The fourth-order valence-corrected chi connectivity index (χ4v) is 2.60. The van der Waals surface area contributed by atoms with Gasteiger partial charge in [0, 0.05) is 24.5 Å². The third-order valence-corrected chi connectivity index (χ3v) is 3.44. The van der Waals surface area contributed by atoms with E-state index in [4.69, 9.17) is 5.26 Å². The summed E-state index contributed by atoms with van der Waals surface area (Å²) in [7, 11) is 0. The highest BCUT2D eigenvalue weighted by Gasteiger charge is 2.20. The molecule has 1 aliphatic rings. The maximum atomic E-state index is 8.56. The second-order valence-electron chi connectivity index (χ2n) is 4.69. The summed E-state index contributed by atoms with van der Waals surface area (Å²) in [5.41, 5.74) is 2.47. The van der Waals surface area contributed by atoms with Crippen molar-refractivity contribution in [1.29, 1.82) is 5.26 Å². The average molecular weight is 217 g/mol. The second kappa shape index (κ2) is 5.16. The lowest BCUT2D eigenvalue weighted by atomic mass is 9.86. The Hall–Kier alpha value is -1.30. The van der Waals surface area contributed by atoms with Gasteiger partial charge in [0.15, 0.2) is 0 Å².